The van der Waals surface area contributed by atoms with Gasteiger partial charge >= 0.3 is 5.97 Å². The molecule has 2 aromatic carbocycles. The largest absolute Gasteiger partial charge is 0.507 e. The fourth-order valence-electron chi connectivity index (χ4n) is 2.23. The molecule has 0 radical (unpaired) electrons. The summed E-state index contributed by atoms with van der Waals surface area (Å²) in [6.45, 7) is 1.60. The van der Waals surface area contributed by atoms with Gasteiger partial charge in [0.2, 0.25) is 11.9 Å². The maximum atomic E-state index is 12.1. The molecular formula is C18H17N5O3. The number of para-hydroxylation sites is 1. The predicted octanol–water partition coefficient (Wildman–Crippen LogP) is 2.57. The smallest absolute Gasteiger partial charge is 0.342 e. The highest BCUT2D eigenvalue weighted by atomic mass is 16.5. The number of aromatic nitrogens is 3. The van der Waals surface area contributed by atoms with Crippen LogP contribution in [0.25, 0.3) is 0 Å². The lowest BCUT2D eigenvalue weighted by Gasteiger charge is -2.09. The summed E-state index contributed by atoms with van der Waals surface area (Å²) < 4.78 is 5.16. The van der Waals surface area contributed by atoms with Crippen LogP contribution in [0, 0.1) is 6.92 Å². The number of ether oxygens (including phenoxy) is 1. The molecule has 3 rings (SSSR count). The van der Waals surface area contributed by atoms with Crippen LogP contribution in [0.3, 0.4) is 0 Å². The van der Waals surface area contributed by atoms with Crippen molar-refractivity contribution in [3.05, 3.63) is 65.5 Å². The van der Waals surface area contributed by atoms with E-state index in [0.717, 1.165) is 11.3 Å². The predicted molar refractivity (Wildman–Crippen MR) is 95.9 cm³/mol. The number of nitrogen functional groups attached to an aromatic ring is 1. The molecule has 132 valence electrons. The number of hydrogen-bond acceptors (Lipinski definition) is 8. The van der Waals surface area contributed by atoms with E-state index in [-0.39, 0.29) is 35.6 Å². The number of phenolic OH excluding ortho intramolecular Hbond substituents is 1. The van der Waals surface area contributed by atoms with Gasteiger partial charge < -0.3 is 20.9 Å². The lowest BCUT2D eigenvalue weighted by molar-refractivity contribution is 0.0459. The summed E-state index contributed by atoms with van der Waals surface area (Å²) in [7, 11) is 0. The average molecular weight is 351 g/mol. The quantitative estimate of drug-likeness (QED) is 0.599. The molecule has 0 aliphatic heterocycles. The van der Waals surface area contributed by atoms with Gasteiger partial charge in [-0.2, -0.15) is 15.0 Å². The fraction of sp³-hybridized carbons (Fsp3) is 0.111. The Morgan fingerprint density at radius 1 is 1.15 bits per heavy atom. The number of aromatic hydroxyl groups is 1. The Hall–Kier alpha value is -3.68. The molecule has 4 N–H and O–H groups in total. The Morgan fingerprint density at radius 3 is 2.65 bits per heavy atom. The number of carbonyl (C=O) groups excluding carboxylic acids is 1. The average Bonchev–Trinajstić information content (AvgIpc) is 2.60. The van der Waals surface area contributed by atoms with Crippen LogP contribution in [-0.4, -0.2) is 26.0 Å². The molecule has 26 heavy (non-hydrogen) atoms. The fourth-order valence-corrected chi connectivity index (χ4v) is 2.23. The van der Waals surface area contributed by atoms with Gasteiger partial charge in [-0.3, -0.25) is 0 Å². The number of anilines is 3. The van der Waals surface area contributed by atoms with Crippen molar-refractivity contribution >= 4 is 23.6 Å². The molecule has 0 fully saturated rings. The van der Waals surface area contributed by atoms with Crippen LogP contribution in [0.1, 0.15) is 21.7 Å². The van der Waals surface area contributed by atoms with E-state index in [2.05, 4.69) is 20.3 Å². The number of hydrogen-bond donors (Lipinski definition) is 3. The Bertz CT molecular complexity index is 931. The Kier molecular flexibility index (Phi) is 4.93. The summed E-state index contributed by atoms with van der Waals surface area (Å²) in [4.78, 5) is 24.2. The van der Waals surface area contributed by atoms with Gasteiger partial charge in [0.1, 0.15) is 11.3 Å². The highest BCUT2D eigenvalue weighted by molar-refractivity contribution is 5.92. The van der Waals surface area contributed by atoms with Gasteiger partial charge in [-0.15, -0.1) is 0 Å². The van der Waals surface area contributed by atoms with Crippen molar-refractivity contribution in [1.82, 2.24) is 15.0 Å². The van der Waals surface area contributed by atoms with Crippen molar-refractivity contribution in [1.29, 1.82) is 0 Å². The van der Waals surface area contributed by atoms with E-state index < -0.39 is 5.97 Å². The molecule has 0 unspecified atom stereocenters. The van der Waals surface area contributed by atoms with E-state index >= 15 is 0 Å². The standard InChI is InChI=1S/C18H17N5O3/c1-11-7-8-13(14(24)9-11)16(25)26-10-15-21-17(19)23-18(22-15)20-12-5-3-2-4-6-12/h2-9,24H,10H2,1H3,(H3,19,20,21,22,23). The first kappa shape index (κ1) is 17.2. The summed E-state index contributed by atoms with van der Waals surface area (Å²) >= 11 is 0. The van der Waals surface area contributed by atoms with Crippen LogP contribution < -0.4 is 11.1 Å². The highest BCUT2D eigenvalue weighted by Crippen LogP contribution is 2.20. The minimum Gasteiger partial charge on any atom is -0.507 e. The number of carbonyl (C=O) groups is 1. The second-order valence-electron chi connectivity index (χ2n) is 5.52. The van der Waals surface area contributed by atoms with Gasteiger partial charge in [0.15, 0.2) is 12.4 Å². The molecule has 0 atom stereocenters. The van der Waals surface area contributed by atoms with Gasteiger partial charge in [0.05, 0.1) is 0 Å². The molecule has 0 saturated heterocycles. The van der Waals surface area contributed by atoms with Gasteiger partial charge in [0, 0.05) is 5.69 Å². The lowest BCUT2D eigenvalue weighted by Crippen LogP contribution is -2.11. The molecule has 8 nitrogen and oxygen atoms in total. The minimum absolute atomic E-state index is 0.00247. The monoisotopic (exact) mass is 351 g/mol. The Labute approximate surface area is 149 Å². The normalized spacial score (nSPS) is 10.3. The molecule has 0 saturated carbocycles. The summed E-state index contributed by atoms with van der Waals surface area (Å²) in [6, 6.07) is 14.0. The van der Waals surface area contributed by atoms with Crippen LogP contribution >= 0.6 is 0 Å². The number of nitrogens with one attached hydrogen (secondary N) is 1. The van der Waals surface area contributed by atoms with E-state index in [1.54, 1.807) is 6.07 Å². The third-order valence-electron chi connectivity index (χ3n) is 3.43. The van der Waals surface area contributed by atoms with Crippen LogP contribution in [-0.2, 0) is 11.3 Å². The Balaban J connectivity index is 1.70. The summed E-state index contributed by atoms with van der Waals surface area (Å²) in [5.41, 5.74) is 7.38. The highest BCUT2D eigenvalue weighted by Gasteiger charge is 2.14. The van der Waals surface area contributed by atoms with E-state index in [1.165, 1.54) is 12.1 Å². The van der Waals surface area contributed by atoms with E-state index in [4.69, 9.17) is 10.5 Å². The summed E-state index contributed by atoms with van der Waals surface area (Å²) in [5.74, 6) is -0.387. The third-order valence-corrected chi connectivity index (χ3v) is 3.43. The third kappa shape index (κ3) is 4.23. The lowest BCUT2D eigenvalue weighted by atomic mass is 10.1. The van der Waals surface area contributed by atoms with Gasteiger partial charge in [-0.1, -0.05) is 24.3 Å². The molecule has 0 aliphatic rings. The number of phenols is 1. The minimum atomic E-state index is -0.681. The molecule has 1 aromatic heterocycles. The van der Waals surface area contributed by atoms with Crippen molar-refractivity contribution < 1.29 is 14.6 Å². The molecule has 0 bridgehead atoms. The number of rotatable bonds is 5. The van der Waals surface area contributed by atoms with E-state index in [9.17, 15) is 9.90 Å². The SMILES string of the molecule is Cc1ccc(C(=O)OCc2nc(N)nc(Nc3ccccc3)n2)c(O)c1. The first-order chi connectivity index (χ1) is 12.5. The number of benzene rings is 2. The van der Waals surface area contributed by atoms with Crippen molar-refractivity contribution in [3.8, 4) is 5.75 Å². The van der Waals surface area contributed by atoms with Crippen molar-refractivity contribution in [3.63, 3.8) is 0 Å². The maximum Gasteiger partial charge on any atom is 0.342 e. The second kappa shape index (κ2) is 7.47. The molecule has 0 amide bonds. The number of nitrogens with two attached hydrogens (primary N) is 1. The molecule has 8 heteroatoms. The summed E-state index contributed by atoms with van der Waals surface area (Å²) in [5, 5.41) is 12.8. The topological polar surface area (TPSA) is 123 Å². The number of nitrogens with zero attached hydrogens (tertiary/aromatic N) is 3. The van der Waals surface area contributed by atoms with Crippen LogP contribution in [0.2, 0.25) is 0 Å². The molecule has 0 aliphatic carbocycles. The van der Waals surface area contributed by atoms with Crippen molar-refractivity contribution in [2.24, 2.45) is 0 Å². The summed E-state index contributed by atoms with van der Waals surface area (Å²) in [6.07, 6.45) is 0. The molecule has 3 aromatic rings. The Morgan fingerprint density at radius 2 is 1.92 bits per heavy atom. The van der Waals surface area contributed by atoms with Gasteiger partial charge in [-0.05, 0) is 36.8 Å². The van der Waals surface area contributed by atoms with Crippen molar-refractivity contribution in [2.75, 3.05) is 11.1 Å². The second-order valence-corrected chi connectivity index (χ2v) is 5.52. The van der Waals surface area contributed by atoms with Gasteiger partial charge in [-0.25, -0.2) is 4.79 Å². The van der Waals surface area contributed by atoms with Crippen LogP contribution in [0.15, 0.2) is 48.5 Å². The van der Waals surface area contributed by atoms with Gasteiger partial charge in [0.25, 0.3) is 0 Å². The zero-order valence-corrected chi connectivity index (χ0v) is 14.0. The van der Waals surface area contributed by atoms with Crippen molar-refractivity contribution in [2.45, 2.75) is 13.5 Å². The zero-order valence-electron chi connectivity index (χ0n) is 14.0. The number of esters is 1. The molecule has 1 heterocycles. The molecule has 0 spiro atoms. The van der Waals surface area contributed by atoms with E-state index in [1.807, 2.05) is 37.3 Å². The van der Waals surface area contributed by atoms with E-state index in [0.29, 0.717) is 0 Å². The molecular weight excluding hydrogens is 334 g/mol. The first-order valence-electron chi connectivity index (χ1n) is 7.80. The zero-order chi connectivity index (χ0) is 18.5. The van der Waals surface area contributed by atoms with Crippen LogP contribution in [0.5, 0.6) is 5.75 Å². The van der Waals surface area contributed by atoms with Crippen LogP contribution in [0.4, 0.5) is 17.6 Å². The first-order valence-corrected chi connectivity index (χ1v) is 7.80. The number of aryl methyl sites for hydroxylation is 1. The maximum absolute atomic E-state index is 12.1.